The second-order valence-electron chi connectivity index (χ2n) is 5.67. The number of nitrogens with zero attached hydrogens (tertiary/aromatic N) is 1. The summed E-state index contributed by atoms with van der Waals surface area (Å²) >= 11 is 0. The summed E-state index contributed by atoms with van der Waals surface area (Å²) in [6.45, 7) is 1.51. The van der Waals surface area contributed by atoms with E-state index in [1.807, 2.05) is 12.1 Å². The van der Waals surface area contributed by atoms with Gasteiger partial charge in [0.2, 0.25) is 11.8 Å². The molecule has 5 heteroatoms. The van der Waals surface area contributed by atoms with Crippen LogP contribution >= 0.6 is 0 Å². The van der Waals surface area contributed by atoms with Crippen molar-refractivity contribution in [2.24, 2.45) is 11.8 Å². The van der Waals surface area contributed by atoms with Crippen molar-refractivity contribution in [1.29, 1.82) is 0 Å². The van der Waals surface area contributed by atoms with Crippen LogP contribution < -0.4 is 15.4 Å². The highest BCUT2D eigenvalue weighted by atomic mass is 16.5. The Labute approximate surface area is 119 Å². The molecule has 20 heavy (non-hydrogen) atoms. The van der Waals surface area contributed by atoms with E-state index in [1.165, 1.54) is 19.3 Å². The predicted molar refractivity (Wildman–Crippen MR) is 75.3 cm³/mol. The zero-order valence-corrected chi connectivity index (χ0v) is 11.8. The number of pyridine rings is 1. The minimum absolute atomic E-state index is 0.00812. The molecule has 3 unspecified atom stereocenters. The summed E-state index contributed by atoms with van der Waals surface area (Å²) in [5.41, 5.74) is 1.01. The largest absolute Gasteiger partial charge is 0.481 e. The van der Waals surface area contributed by atoms with E-state index in [0.29, 0.717) is 24.3 Å². The quantitative estimate of drug-likeness (QED) is 0.863. The number of amides is 1. The van der Waals surface area contributed by atoms with Crippen LogP contribution in [0.25, 0.3) is 0 Å². The van der Waals surface area contributed by atoms with Gasteiger partial charge in [-0.05, 0) is 42.9 Å². The number of rotatable bonds is 4. The lowest BCUT2D eigenvalue weighted by Gasteiger charge is -2.17. The van der Waals surface area contributed by atoms with E-state index < -0.39 is 0 Å². The van der Waals surface area contributed by atoms with Crippen LogP contribution in [0.2, 0.25) is 0 Å². The summed E-state index contributed by atoms with van der Waals surface area (Å²) in [6.07, 6.45) is 5.41. The Balaban J connectivity index is 1.56. The molecule has 1 aliphatic heterocycles. The fraction of sp³-hybridized carbons (Fsp3) is 0.600. The molecule has 2 fully saturated rings. The number of ether oxygens (including phenoxy) is 1. The van der Waals surface area contributed by atoms with Gasteiger partial charge in [0.25, 0.3) is 0 Å². The SMILES string of the molecule is COc1cc(CNC(=O)C2NCC3CCCC32)ccn1. The van der Waals surface area contributed by atoms with Crippen LogP contribution in [0.1, 0.15) is 24.8 Å². The number of carbonyl (C=O) groups excluding carboxylic acids is 1. The molecule has 0 spiro atoms. The van der Waals surface area contributed by atoms with Gasteiger partial charge >= 0.3 is 0 Å². The first-order valence-corrected chi connectivity index (χ1v) is 7.28. The Hall–Kier alpha value is -1.62. The fourth-order valence-electron chi connectivity index (χ4n) is 3.45. The molecule has 1 aromatic heterocycles. The average Bonchev–Trinajstić information content (AvgIpc) is 3.07. The number of carbonyl (C=O) groups is 1. The highest BCUT2D eigenvalue weighted by molar-refractivity contribution is 5.82. The molecule has 1 saturated carbocycles. The van der Waals surface area contributed by atoms with Crippen LogP contribution in [0.15, 0.2) is 18.3 Å². The van der Waals surface area contributed by atoms with Crippen molar-refractivity contribution < 1.29 is 9.53 Å². The van der Waals surface area contributed by atoms with Crippen LogP contribution in [-0.4, -0.2) is 30.6 Å². The van der Waals surface area contributed by atoms with Gasteiger partial charge in [0.15, 0.2) is 0 Å². The number of fused-ring (bicyclic) bond motifs is 1. The third-order valence-corrected chi connectivity index (χ3v) is 4.50. The first-order chi connectivity index (χ1) is 9.78. The lowest BCUT2D eigenvalue weighted by Crippen LogP contribution is -2.43. The average molecular weight is 275 g/mol. The van der Waals surface area contributed by atoms with Gasteiger partial charge in [-0.15, -0.1) is 0 Å². The zero-order valence-electron chi connectivity index (χ0n) is 11.8. The van der Waals surface area contributed by atoms with E-state index in [9.17, 15) is 4.79 Å². The third-order valence-electron chi connectivity index (χ3n) is 4.50. The van der Waals surface area contributed by atoms with Gasteiger partial charge in [0.1, 0.15) is 0 Å². The lowest BCUT2D eigenvalue weighted by molar-refractivity contribution is -0.123. The van der Waals surface area contributed by atoms with Crippen molar-refractivity contribution in [3.8, 4) is 5.88 Å². The number of methoxy groups -OCH3 is 1. The fourth-order valence-corrected chi connectivity index (χ4v) is 3.45. The van der Waals surface area contributed by atoms with Crippen molar-refractivity contribution in [2.45, 2.75) is 31.8 Å². The summed E-state index contributed by atoms with van der Waals surface area (Å²) < 4.78 is 5.08. The van der Waals surface area contributed by atoms with Crippen molar-refractivity contribution in [3.05, 3.63) is 23.9 Å². The molecule has 1 saturated heterocycles. The molecule has 1 amide bonds. The second kappa shape index (κ2) is 5.79. The van der Waals surface area contributed by atoms with E-state index in [4.69, 9.17) is 4.74 Å². The van der Waals surface area contributed by atoms with E-state index in [1.54, 1.807) is 13.3 Å². The van der Waals surface area contributed by atoms with Gasteiger partial charge in [-0.25, -0.2) is 4.98 Å². The van der Waals surface area contributed by atoms with Crippen LogP contribution in [0.3, 0.4) is 0 Å². The minimum atomic E-state index is -0.00812. The topological polar surface area (TPSA) is 63.2 Å². The molecule has 3 rings (SSSR count). The van der Waals surface area contributed by atoms with E-state index >= 15 is 0 Å². The maximum Gasteiger partial charge on any atom is 0.237 e. The monoisotopic (exact) mass is 275 g/mol. The number of nitrogens with one attached hydrogen (secondary N) is 2. The number of hydrogen-bond acceptors (Lipinski definition) is 4. The third kappa shape index (κ3) is 2.63. The van der Waals surface area contributed by atoms with E-state index in [0.717, 1.165) is 12.1 Å². The van der Waals surface area contributed by atoms with Crippen LogP contribution in [0.5, 0.6) is 5.88 Å². The summed E-state index contributed by atoms with van der Waals surface area (Å²) in [4.78, 5) is 16.4. The molecular formula is C15H21N3O2. The Kier molecular flexibility index (Phi) is 3.87. The van der Waals surface area contributed by atoms with E-state index in [2.05, 4.69) is 15.6 Å². The van der Waals surface area contributed by atoms with Gasteiger partial charge in [-0.3, -0.25) is 4.79 Å². The molecule has 0 radical (unpaired) electrons. The maximum absolute atomic E-state index is 12.3. The van der Waals surface area contributed by atoms with Gasteiger partial charge in [0.05, 0.1) is 13.2 Å². The molecule has 2 heterocycles. The molecule has 108 valence electrons. The first kappa shape index (κ1) is 13.4. The zero-order chi connectivity index (χ0) is 13.9. The summed E-state index contributed by atoms with van der Waals surface area (Å²) in [5.74, 6) is 1.93. The molecule has 5 nitrogen and oxygen atoms in total. The summed E-state index contributed by atoms with van der Waals surface area (Å²) in [6, 6.07) is 3.73. The maximum atomic E-state index is 12.3. The highest BCUT2D eigenvalue weighted by Crippen LogP contribution is 2.37. The number of aromatic nitrogens is 1. The standard InChI is InChI=1S/C15H21N3O2/c1-20-13-7-10(5-6-16-13)8-18-15(19)14-12-4-2-3-11(12)9-17-14/h5-7,11-12,14,17H,2-4,8-9H2,1H3,(H,18,19). The van der Waals surface area contributed by atoms with Crippen molar-refractivity contribution in [2.75, 3.05) is 13.7 Å². The van der Waals surface area contributed by atoms with Crippen molar-refractivity contribution >= 4 is 5.91 Å². The normalized spacial score (nSPS) is 28.1. The lowest BCUT2D eigenvalue weighted by atomic mass is 9.93. The predicted octanol–water partition coefficient (Wildman–Crippen LogP) is 1.09. The van der Waals surface area contributed by atoms with Gasteiger partial charge in [0, 0.05) is 18.8 Å². The molecule has 2 N–H and O–H groups in total. The Bertz CT molecular complexity index is 492. The molecule has 1 aliphatic carbocycles. The van der Waals surface area contributed by atoms with Crippen LogP contribution in [-0.2, 0) is 11.3 Å². The first-order valence-electron chi connectivity index (χ1n) is 7.28. The van der Waals surface area contributed by atoms with E-state index in [-0.39, 0.29) is 11.9 Å². The number of hydrogen-bond donors (Lipinski definition) is 2. The molecule has 1 aromatic rings. The summed E-state index contributed by atoms with van der Waals surface area (Å²) in [5, 5.41) is 6.39. The highest BCUT2D eigenvalue weighted by Gasteiger charge is 2.42. The minimum Gasteiger partial charge on any atom is -0.481 e. The Morgan fingerprint density at radius 2 is 2.45 bits per heavy atom. The second-order valence-corrected chi connectivity index (χ2v) is 5.67. The molecule has 3 atom stereocenters. The summed E-state index contributed by atoms with van der Waals surface area (Å²) in [7, 11) is 1.59. The van der Waals surface area contributed by atoms with Gasteiger partial charge in [-0.2, -0.15) is 0 Å². The Morgan fingerprint density at radius 3 is 3.30 bits per heavy atom. The molecular weight excluding hydrogens is 254 g/mol. The molecule has 0 bridgehead atoms. The van der Waals surface area contributed by atoms with Gasteiger partial charge < -0.3 is 15.4 Å². The van der Waals surface area contributed by atoms with Crippen LogP contribution in [0.4, 0.5) is 0 Å². The van der Waals surface area contributed by atoms with Gasteiger partial charge in [-0.1, -0.05) is 6.42 Å². The van der Waals surface area contributed by atoms with Crippen LogP contribution in [0, 0.1) is 11.8 Å². The van der Waals surface area contributed by atoms with Crippen molar-refractivity contribution in [1.82, 2.24) is 15.6 Å². The Morgan fingerprint density at radius 1 is 1.55 bits per heavy atom. The smallest absolute Gasteiger partial charge is 0.237 e. The molecule has 0 aromatic carbocycles. The van der Waals surface area contributed by atoms with Crippen molar-refractivity contribution in [3.63, 3.8) is 0 Å². The molecule has 2 aliphatic rings.